The quantitative estimate of drug-likeness (QED) is 0.689. The molecule has 1 amide bonds. The number of anilines is 2. The van der Waals surface area contributed by atoms with Crippen molar-refractivity contribution in [3.63, 3.8) is 0 Å². The van der Waals surface area contributed by atoms with Crippen LogP contribution >= 0.6 is 11.3 Å². The van der Waals surface area contributed by atoms with Crippen LogP contribution in [0.2, 0.25) is 0 Å². The Kier molecular flexibility index (Phi) is 2.93. The molecule has 1 heterocycles. The molecule has 0 spiro atoms. The van der Waals surface area contributed by atoms with E-state index in [0.29, 0.717) is 11.0 Å². The lowest BCUT2D eigenvalue weighted by Crippen LogP contribution is -2.13. The van der Waals surface area contributed by atoms with Crippen molar-refractivity contribution < 1.29 is 14.3 Å². The lowest BCUT2D eigenvalue weighted by molar-refractivity contribution is 0.0603. The summed E-state index contributed by atoms with van der Waals surface area (Å²) >= 11 is 1.09. The molecular formula is C10H13N3O3S. The highest BCUT2D eigenvalue weighted by Crippen LogP contribution is 2.38. The van der Waals surface area contributed by atoms with Crippen LogP contribution in [0.25, 0.3) is 0 Å². The predicted octanol–water partition coefficient (Wildman–Crippen LogP) is 0.790. The maximum absolute atomic E-state index is 11.6. The second-order valence-electron chi connectivity index (χ2n) is 3.82. The van der Waals surface area contributed by atoms with E-state index in [1.54, 1.807) is 0 Å². The molecule has 5 N–H and O–H groups in total. The van der Waals surface area contributed by atoms with Gasteiger partial charge in [-0.3, -0.25) is 4.79 Å². The largest absolute Gasteiger partial charge is 0.465 e. The molecule has 17 heavy (non-hydrogen) atoms. The summed E-state index contributed by atoms with van der Waals surface area (Å²) in [5.74, 6) is -1.20. The fourth-order valence-corrected chi connectivity index (χ4v) is 2.48. The number of amides is 1. The number of hydrogen-bond donors (Lipinski definition) is 3. The van der Waals surface area contributed by atoms with Gasteiger partial charge in [-0.25, -0.2) is 4.79 Å². The zero-order valence-corrected chi connectivity index (χ0v) is 10.1. The zero-order valence-electron chi connectivity index (χ0n) is 9.28. The second kappa shape index (κ2) is 4.25. The van der Waals surface area contributed by atoms with Crippen LogP contribution in [0.4, 0.5) is 10.7 Å². The Labute approximate surface area is 102 Å². The van der Waals surface area contributed by atoms with Gasteiger partial charge in [-0.05, 0) is 12.8 Å². The van der Waals surface area contributed by atoms with Gasteiger partial charge < -0.3 is 21.5 Å². The molecule has 0 atom stereocenters. The second-order valence-corrected chi connectivity index (χ2v) is 4.84. The summed E-state index contributed by atoms with van der Waals surface area (Å²) in [5, 5.41) is 3.71. The number of thiophene rings is 1. The molecule has 6 nitrogen and oxygen atoms in total. The number of esters is 1. The van der Waals surface area contributed by atoms with Gasteiger partial charge in [0.15, 0.2) is 0 Å². The van der Waals surface area contributed by atoms with Crippen molar-refractivity contribution in [3.05, 3.63) is 10.4 Å². The Morgan fingerprint density at radius 1 is 1.47 bits per heavy atom. The van der Waals surface area contributed by atoms with Crippen molar-refractivity contribution in [2.24, 2.45) is 5.73 Å². The van der Waals surface area contributed by atoms with Crippen molar-refractivity contribution in [1.29, 1.82) is 0 Å². The SMILES string of the molecule is COC(=O)c1c(NC2CC2)sc(C(N)=O)c1N. The van der Waals surface area contributed by atoms with Crippen LogP contribution < -0.4 is 16.8 Å². The van der Waals surface area contributed by atoms with Crippen LogP contribution in [0, 0.1) is 0 Å². The Bertz CT molecular complexity index is 479. The molecule has 1 fully saturated rings. The molecule has 0 saturated heterocycles. The predicted molar refractivity (Wildman–Crippen MR) is 65.2 cm³/mol. The molecule has 1 aromatic heterocycles. The van der Waals surface area contributed by atoms with Crippen molar-refractivity contribution in [2.75, 3.05) is 18.2 Å². The highest BCUT2D eigenvalue weighted by atomic mass is 32.1. The number of rotatable bonds is 4. The third kappa shape index (κ3) is 2.19. The molecule has 1 aliphatic carbocycles. The smallest absolute Gasteiger partial charge is 0.343 e. The molecular weight excluding hydrogens is 242 g/mol. The number of nitrogens with two attached hydrogens (primary N) is 2. The first-order valence-corrected chi connectivity index (χ1v) is 5.93. The molecule has 1 aromatic rings. The van der Waals surface area contributed by atoms with Crippen LogP contribution in [0.15, 0.2) is 0 Å². The number of carbonyl (C=O) groups is 2. The van der Waals surface area contributed by atoms with E-state index in [9.17, 15) is 9.59 Å². The highest BCUT2D eigenvalue weighted by molar-refractivity contribution is 7.19. The summed E-state index contributed by atoms with van der Waals surface area (Å²) in [7, 11) is 1.27. The molecule has 0 bridgehead atoms. The lowest BCUT2D eigenvalue weighted by Gasteiger charge is -2.04. The van der Waals surface area contributed by atoms with Gasteiger partial charge in [-0.1, -0.05) is 0 Å². The first-order chi connectivity index (χ1) is 8.04. The molecule has 0 radical (unpaired) electrons. The molecule has 0 aromatic carbocycles. The standard InChI is InChI=1S/C10H13N3O3S/c1-16-10(15)5-6(11)7(8(12)14)17-9(5)13-4-2-3-4/h4,13H,2-3,11H2,1H3,(H2,12,14). The molecule has 0 aliphatic heterocycles. The van der Waals surface area contributed by atoms with Crippen molar-refractivity contribution in [1.82, 2.24) is 0 Å². The van der Waals surface area contributed by atoms with Crippen LogP contribution in [-0.4, -0.2) is 25.0 Å². The maximum Gasteiger partial charge on any atom is 0.343 e. The average molecular weight is 255 g/mol. The van der Waals surface area contributed by atoms with Crippen molar-refractivity contribution in [3.8, 4) is 0 Å². The van der Waals surface area contributed by atoms with E-state index in [4.69, 9.17) is 11.5 Å². The summed E-state index contributed by atoms with van der Waals surface area (Å²) in [6, 6.07) is 0.345. The topological polar surface area (TPSA) is 107 Å². The van der Waals surface area contributed by atoms with Crippen molar-refractivity contribution in [2.45, 2.75) is 18.9 Å². The number of ether oxygens (including phenoxy) is 1. The maximum atomic E-state index is 11.6. The van der Waals surface area contributed by atoms with Gasteiger partial charge in [0.2, 0.25) is 0 Å². The van der Waals surface area contributed by atoms with E-state index < -0.39 is 11.9 Å². The first-order valence-electron chi connectivity index (χ1n) is 5.11. The van der Waals surface area contributed by atoms with Gasteiger partial charge in [0.1, 0.15) is 15.4 Å². The summed E-state index contributed by atoms with van der Waals surface area (Å²) < 4.78 is 4.65. The van der Waals surface area contributed by atoms with E-state index in [2.05, 4.69) is 10.1 Å². The van der Waals surface area contributed by atoms with Gasteiger partial charge >= 0.3 is 5.97 Å². The Hall–Kier alpha value is -1.76. The molecule has 92 valence electrons. The number of primary amides is 1. The fraction of sp³-hybridized carbons (Fsp3) is 0.400. The van der Waals surface area contributed by atoms with Crippen LogP contribution in [-0.2, 0) is 4.74 Å². The number of nitrogen functional groups attached to an aromatic ring is 1. The number of methoxy groups -OCH3 is 1. The highest BCUT2D eigenvalue weighted by Gasteiger charge is 2.29. The molecule has 7 heteroatoms. The van der Waals surface area contributed by atoms with E-state index >= 15 is 0 Å². The average Bonchev–Trinajstić information content (AvgIpc) is 3.02. The Morgan fingerprint density at radius 3 is 2.59 bits per heavy atom. The lowest BCUT2D eigenvalue weighted by atomic mass is 10.2. The van der Waals surface area contributed by atoms with Gasteiger partial charge in [0.25, 0.3) is 5.91 Å². The third-order valence-electron chi connectivity index (χ3n) is 2.47. The van der Waals surface area contributed by atoms with E-state index in [-0.39, 0.29) is 16.1 Å². The van der Waals surface area contributed by atoms with Crippen molar-refractivity contribution >= 4 is 33.9 Å². The van der Waals surface area contributed by atoms with Crippen LogP contribution in [0.1, 0.15) is 32.9 Å². The molecule has 1 aliphatic rings. The summed E-state index contributed by atoms with van der Waals surface area (Å²) in [6.07, 6.45) is 2.09. The number of hydrogen-bond acceptors (Lipinski definition) is 6. The molecule has 1 saturated carbocycles. The molecule has 0 unspecified atom stereocenters. The normalized spacial score (nSPS) is 14.4. The third-order valence-corrected chi connectivity index (χ3v) is 3.62. The van der Waals surface area contributed by atoms with Gasteiger partial charge in [-0.15, -0.1) is 11.3 Å². The van der Waals surface area contributed by atoms with E-state index in [1.165, 1.54) is 7.11 Å². The zero-order chi connectivity index (χ0) is 12.6. The minimum absolute atomic E-state index is 0.0949. The van der Waals surface area contributed by atoms with Gasteiger partial charge in [-0.2, -0.15) is 0 Å². The minimum Gasteiger partial charge on any atom is -0.465 e. The van der Waals surface area contributed by atoms with Crippen LogP contribution in [0.3, 0.4) is 0 Å². The van der Waals surface area contributed by atoms with Gasteiger partial charge in [0, 0.05) is 6.04 Å². The number of nitrogens with one attached hydrogen (secondary N) is 1. The first kappa shape index (κ1) is 11.7. The summed E-state index contributed by atoms with van der Waals surface area (Å²) in [5.41, 5.74) is 11.2. The Balaban J connectivity index is 2.43. The Morgan fingerprint density at radius 2 is 2.12 bits per heavy atom. The van der Waals surface area contributed by atoms with E-state index in [0.717, 1.165) is 24.2 Å². The summed E-state index contributed by atoms with van der Waals surface area (Å²) in [6.45, 7) is 0. The van der Waals surface area contributed by atoms with Crippen LogP contribution in [0.5, 0.6) is 0 Å². The minimum atomic E-state index is -0.638. The van der Waals surface area contributed by atoms with Gasteiger partial charge in [0.05, 0.1) is 12.8 Å². The summed E-state index contributed by atoms with van der Waals surface area (Å²) in [4.78, 5) is 23.0. The monoisotopic (exact) mass is 255 g/mol. The number of carbonyl (C=O) groups excluding carboxylic acids is 2. The van der Waals surface area contributed by atoms with E-state index in [1.807, 2.05) is 0 Å². The molecule has 2 rings (SSSR count). The fourth-order valence-electron chi connectivity index (χ4n) is 1.45.